The summed E-state index contributed by atoms with van der Waals surface area (Å²) in [4.78, 5) is 5.16. The van der Waals surface area contributed by atoms with E-state index in [4.69, 9.17) is 5.26 Å². The summed E-state index contributed by atoms with van der Waals surface area (Å²) in [5, 5.41) is 14.6. The van der Waals surface area contributed by atoms with E-state index in [-0.39, 0.29) is 33.8 Å². The van der Waals surface area contributed by atoms with Gasteiger partial charge in [0.2, 0.25) is 0 Å². The molecule has 2 aromatic rings. The van der Waals surface area contributed by atoms with Crippen molar-refractivity contribution in [1.82, 2.24) is 20.4 Å². The van der Waals surface area contributed by atoms with Crippen molar-refractivity contribution in [3.05, 3.63) is 59.7 Å². The third-order valence-electron chi connectivity index (χ3n) is 5.14. The first-order valence-electron chi connectivity index (χ1n) is 10.9. The van der Waals surface area contributed by atoms with Crippen LogP contribution in [0.4, 0.5) is 0 Å². The number of hydrogen-bond donors (Lipinski definition) is 2. The summed E-state index contributed by atoms with van der Waals surface area (Å²) in [7, 11) is 0. The molecule has 1 saturated heterocycles. The molecule has 1 aliphatic heterocycles. The molecule has 0 amide bonds. The molecule has 31 heavy (non-hydrogen) atoms. The van der Waals surface area contributed by atoms with Crippen LogP contribution in [0.2, 0.25) is 0 Å². The maximum atomic E-state index is 7.32. The Balaban J connectivity index is 0.00000170. The van der Waals surface area contributed by atoms with Gasteiger partial charge >= 0.3 is 16.8 Å². The quantitative estimate of drug-likeness (QED) is 0.490. The SMILES string of the molecule is CC#N.[Co+2].[Fe].c1cc[c-](CN2CCCNCCN(C[c-]3[cH-][cH-][cH-][cH-]3)CCCNCC2)c1. The van der Waals surface area contributed by atoms with Gasteiger partial charge in [0.15, 0.2) is 0 Å². The molecule has 5 nitrogen and oxygen atoms in total. The summed E-state index contributed by atoms with van der Waals surface area (Å²) in [5.41, 5.74) is 2.87. The molecule has 1 aliphatic rings. The van der Waals surface area contributed by atoms with Crippen molar-refractivity contribution in [3.8, 4) is 6.07 Å². The van der Waals surface area contributed by atoms with E-state index < -0.39 is 0 Å². The average molecular weight is 510 g/mol. The molecule has 0 atom stereocenters. The second kappa shape index (κ2) is 19.7. The van der Waals surface area contributed by atoms with Gasteiger partial charge in [-0.25, -0.2) is 12.1 Å². The summed E-state index contributed by atoms with van der Waals surface area (Å²) in [6.07, 6.45) is 2.42. The molecular weight excluding hydrogens is 473 g/mol. The van der Waals surface area contributed by atoms with Crippen LogP contribution in [0.1, 0.15) is 30.9 Å². The van der Waals surface area contributed by atoms with Crippen LogP contribution in [-0.2, 0) is 46.9 Å². The zero-order valence-corrected chi connectivity index (χ0v) is 20.8. The van der Waals surface area contributed by atoms with Crippen LogP contribution in [0.25, 0.3) is 0 Å². The summed E-state index contributed by atoms with van der Waals surface area (Å²) < 4.78 is 0. The first kappa shape index (κ1) is 30.1. The van der Waals surface area contributed by atoms with E-state index in [1.54, 1.807) is 6.07 Å². The van der Waals surface area contributed by atoms with Crippen molar-refractivity contribution >= 4 is 0 Å². The van der Waals surface area contributed by atoms with Gasteiger partial charge in [0, 0.05) is 50.2 Å². The van der Waals surface area contributed by atoms with Crippen LogP contribution >= 0.6 is 0 Å². The summed E-state index contributed by atoms with van der Waals surface area (Å²) in [6.45, 7) is 12.5. The molecule has 1 fully saturated rings. The Kier molecular flexibility index (Phi) is 19.1. The van der Waals surface area contributed by atoms with Crippen molar-refractivity contribution in [2.24, 2.45) is 0 Å². The maximum absolute atomic E-state index is 7.32. The van der Waals surface area contributed by atoms with E-state index in [9.17, 15) is 0 Å². The minimum atomic E-state index is 0. The Hall–Kier alpha value is -0.944. The second-order valence-corrected chi connectivity index (χ2v) is 7.57. The zero-order chi connectivity index (χ0) is 20.6. The molecule has 0 unspecified atom stereocenters. The van der Waals surface area contributed by atoms with E-state index in [1.807, 2.05) is 0 Å². The standard InChI is InChI=1S/C22H34N4.C2H3N.Co.Fe/c1-2-8-21(7-1)19-25-15-5-11-24-14-18-26(16-6-12-23-13-17-25)20-22-9-3-4-10-22;1-2-3;;/h1-4,7-10,23-24H,5-6,11-20H2;1H3;;/q-6;;+2;. The van der Waals surface area contributed by atoms with Gasteiger partial charge in [-0.05, 0) is 45.6 Å². The molecule has 0 aromatic heterocycles. The molecule has 2 N–H and O–H groups in total. The van der Waals surface area contributed by atoms with Crippen LogP contribution in [0.15, 0.2) is 48.5 Å². The summed E-state index contributed by atoms with van der Waals surface area (Å²) >= 11 is 0. The monoisotopic (exact) mass is 510 g/mol. The average Bonchev–Trinajstić information content (AvgIpc) is 3.41. The number of rotatable bonds is 4. The minimum Gasteiger partial charge on any atom is -0.748 e. The smallest absolute Gasteiger partial charge is 0.748 e. The summed E-state index contributed by atoms with van der Waals surface area (Å²) in [5.74, 6) is 0. The van der Waals surface area contributed by atoms with Gasteiger partial charge in [0.25, 0.3) is 0 Å². The fourth-order valence-electron chi connectivity index (χ4n) is 3.67. The normalized spacial score (nSPS) is 17.0. The van der Waals surface area contributed by atoms with Crippen LogP contribution in [0.3, 0.4) is 0 Å². The van der Waals surface area contributed by atoms with Gasteiger partial charge < -0.3 is 50.3 Å². The number of hydrogen-bond acceptors (Lipinski definition) is 5. The molecule has 2 aromatic carbocycles. The third-order valence-corrected chi connectivity index (χ3v) is 5.14. The Bertz CT molecular complexity index is 586. The van der Waals surface area contributed by atoms with Crippen LogP contribution in [0, 0.1) is 11.3 Å². The topological polar surface area (TPSA) is 54.3 Å². The first-order valence-corrected chi connectivity index (χ1v) is 10.9. The third kappa shape index (κ3) is 13.9. The van der Waals surface area contributed by atoms with E-state index >= 15 is 0 Å². The predicted molar refractivity (Wildman–Crippen MR) is 121 cm³/mol. The van der Waals surface area contributed by atoms with Crippen LogP contribution in [-0.4, -0.2) is 62.2 Å². The summed E-state index contributed by atoms with van der Waals surface area (Å²) in [6, 6.07) is 19.2. The van der Waals surface area contributed by atoms with Crippen molar-refractivity contribution in [2.75, 3.05) is 52.4 Å². The molecule has 0 bridgehead atoms. The molecule has 7 heteroatoms. The van der Waals surface area contributed by atoms with Gasteiger partial charge in [0.05, 0.1) is 6.07 Å². The molecule has 1 heterocycles. The molecular formula is C24H37CoFeN5-4. The van der Waals surface area contributed by atoms with E-state index in [2.05, 4.69) is 69.0 Å². The van der Waals surface area contributed by atoms with Gasteiger partial charge in [-0.1, -0.05) is 0 Å². The number of nitriles is 1. The molecule has 0 spiro atoms. The van der Waals surface area contributed by atoms with Gasteiger partial charge in [0.1, 0.15) is 0 Å². The molecule has 1 radical (unpaired) electrons. The molecule has 179 valence electrons. The van der Waals surface area contributed by atoms with Crippen LogP contribution in [0.5, 0.6) is 0 Å². The number of nitrogens with zero attached hydrogens (tertiary/aromatic N) is 3. The van der Waals surface area contributed by atoms with E-state index in [0.717, 1.165) is 65.4 Å². The maximum Gasteiger partial charge on any atom is 2.00 e. The Morgan fingerprint density at radius 3 is 1.87 bits per heavy atom. The largest absolute Gasteiger partial charge is 2.00 e. The molecule has 0 aliphatic carbocycles. The Morgan fingerprint density at radius 2 is 1.35 bits per heavy atom. The van der Waals surface area contributed by atoms with Gasteiger partial charge in [-0.15, -0.1) is 5.56 Å². The molecule has 0 saturated carbocycles. The Morgan fingerprint density at radius 1 is 0.871 bits per heavy atom. The van der Waals surface area contributed by atoms with Gasteiger partial charge in [-0.3, -0.25) is 0 Å². The van der Waals surface area contributed by atoms with E-state index in [0.29, 0.717) is 0 Å². The van der Waals surface area contributed by atoms with Gasteiger partial charge in [-0.2, -0.15) is 23.9 Å². The second-order valence-electron chi connectivity index (χ2n) is 7.57. The minimum absolute atomic E-state index is 0. The fraction of sp³-hybridized carbons (Fsp3) is 0.542. The number of nitrogens with one attached hydrogen (secondary N) is 2. The Labute approximate surface area is 210 Å². The fourth-order valence-corrected chi connectivity index (χ4v) is 3.67. The molecule has 3 rings (SSSR count). The van der Waals surface area contributed by atoms with Crippen LogP contribution < -0.4 is 10.6 Å². The van der Waals surface area contributed by atoms with Crippen molar-refractivity contribution < 1.29 is 33.8 Å². The predicted octanol–water partition coefficient (Wildman–Crippen LogP) is 2.93. The van der Waals surface area contributed by atoms with Crippen molar-refractivity contribution in [1.29, 1.82) is 5.26 Å². The van der Waals surface area contributed by atoms with Crippen molar-refractivity contribution in [2.45, 2.75) is 32.9 Å². The van der Waals surface area contributed by atoms with E-state index in [1.165, 1.54) is 30.9 Å². The first-order chi connectivity index (χ1) is 14.3. The van der Waals surface area contributed by atoms with Crippen molar-refractivity contribution in [3.63, 3.8) is 0 Å². The zero-order valence-electron chi connectivity index (χ0n) is 18.6.